The number of hydrogen-bond donors (Lipinski definition) is 0. The van der Waals surface area contributed by atoms with Gasteiger partial charge in [0.05, 0.1) is 5.41 Å². The molecule has 0 saturated carbocycles. The third-order valence-electron chi connectivity index (χ3n) is 5.14. The van der Waals surface area contributed by atoms with Crippen LogP contribution in [0.2, 0.25) is 0 Å². The van der Waals surface area contributed by atoms with Crippen molar-refractivity contribution < 1.29 is 0 Å². The lowest BCUT2D eigenvalue weighted by molar-refractivity contribution is 0.205. The Bertz CT molecular complexity index is 621. The number of likely N-dealkylation sites (tertiary alicyclic amines) is 1. The molecule has 0 amide bonds. The van der Waals surface area contributed by atoms with Crippen molar-refractivity contribution >= 4 is 0 Å². The fourth-order valence-electron chi connectivity index (χ4n) is 3.97. The van der Waals surface area contributed by atoms with Gasteiger partial charge in [0.1, 0.15) is 5.82 Å². The van der Waals surface area contributed by atoms with E-state index in [9.17, 15) is 0 Å². The average Bonchev–Trinajstić information content (AvgIpc) is 2.92. The number of aryl methyl sites for hydroxylation is 2. The van der Waals surface area contributed by atoms with E-state index >= 15 is 0 Å². The monoisotopic (exact) mass is 267 g/mol. The number of benzene rings is 1. The zero-order chi connectivity index (χ0) is 13.6. The average molecular weight is 267 g/mol. The minimum Gasteiger partial charge on any atom is -0.334 e. The fraction of sp³-hybridized carbons (Fsp3) is 0.471. The number of rotatable bonds is 0. The van der Waals surface area contributed by atoms with E-state index < -0.39 is 0 Å². The lowest BCUT2D eigenvalue weighted by atomic mass is 9.70. The maximum atomic E-state index is 4.76. The molecule has 2 aliphatic rings. The van der Waals surface area contributed by atoms with E-state index in [2.05, 4.69) is 47.0 Å². The van der Waals surface area contributed by atoms with E-state index in [0.29, 0.717) is 0 Å². The van der Waals surface area contributed by atoms with E-state index in [1.807, 2.05) is 6.20 Å². The molecule has 2 aliphatic heterocycles. The van der Waals surface area contributed by atoms with E-state index in [4.69, 9.17) is 4.98 Å². The van der Waals surface area contributed by atoms with Crippen molar-refractivity contribution in [1.29, 1.82) is 0 Å². The predicted octanol–water partition coefficient (Wildman–Crippen LogP) is 2.45. The molecule has 0 bridgehead atoms. The first-order chi connectivity index (χ1) is 9.79. The number of aromatic nitrogens is 2. The Labute approximate surface area is 120 Å². The number of hydrogen-bond acceptors (Lipinski definition) is 2. The number of fused-ring (bicyclic) bond motifs is 4. The molecule has 1 fully saturated rings. The van der Waals surface area contributed by atoms with Crippen LogP contribution in [0.5, 0.6) is 0 Å². The van der Waals surface area contributed by atoms with Crippen LogP contribution in [0.25, 0.3) is 0 Å². The Kier molecular flexibility index (Phi) is 2.71. The molecule has 0 atom stereocenters. The molecule has 1 aromatic heterocycles. The van der Waals surface area contributed by atoms with Crippen LogP contribution in [0.4, 0.5) is 0 Å². The van der Waals surface area contributed by atoms with Crippen LogP contribution in [-0.2, 0) is 18.4 Å². The van der Waals surface area contributed by atoms with Gasteiger partial charge in [-0.05, 0) is 50.5 Å². The Hall–Kier alpha value is -1.61. The molecule has 3 heterocycles. The van der Waals surface area contributed by atoms with Crippen molar-refractivity contribution in [3.63, 3.8) is 0 Å². The lowest BCUT2D eigenvalue weighted by Crippen LogP contribution is -2.43. The minimum absolute atomic E-state index is 0.128. The molecule has 0 N–H and O–H groups in total. The van der Waals surface area contributed by atoms with Crippen LogP contribution in [0.1, 0.15) is 29.8 Å². The molecule has 2 aromatic rings. The molecule has 0 radical (unpaired) electrons. The highest BCUT2D eigenvalue weighted by Gasteiger charge is 2.42. The second-order valence-electron chi connectivity index (χ2n) is 6.24. The molecule has 3 nitrogen and oxygen atoms in total. The summed E-state index contributed by atoms with van der Waals surface area (Å²) < 4.78 is 2.38. The van der Waals surface area contributed by atoms with Crippen molar-refractivity contribution in [3.8, 4) is 0 Å². The molecule has 1 spiro atoms. The number of nitrogens with zero attached hydrogens (tertiary/aromatic N) is 3. The third-order valence-corrected chi connectivity index (χ3v) is 5.14. The standard InChI is InChI=1S/C17H21N3/c1-19-11-7-17(8-12-19)15-5-3-2-4-14(15)6-10-20-13-9-18-16(17)20/h2-5,9,13H,6-8,10-12H2,1H3. The van der Waals surface area contributed by atoms with Crippen molar-refractivity contribution in [2.75, 3.05) is 20.1 Å². The van der Waals surface area contributed by atoms with Gasteiger partial charge in [-0.25, -0.2) is 4.98 Å². The Morgan fingerprint density at radius 1 is 1.10 bits per heavy atom. The second-order valence-corrected chi connectivity index (χ2v) is 6.24. The van der Waals surface area contributed by atoms with Gasteiger partial charge in [-0.3, -0.25) is 0 Å². The lowest BCUT2D eigenvalue weighted by Gasteiger charge is -2.40. The molecule has 3 heteroatoms. The smallest absolute Gasteiger partial charge is 0.119 e. The van der Waals surface area contributed by atoms with Gasteiger partial charge in [-0.2, -0.15) is 0 Å². The van der Waals surface area contributed by atoms with Crippen LogP contribution in [0, 0.1) is 0 Å². The normalized spacial score (nSPS) is 21.2. The summed E-state index contributed by atoms with van der Waals surface area (Å²) in [6, 6.07) is 9.01. The van der Waals surface area contributed by atoms with Crippen LogP contribution in [-0.4, -0.2) is 34.6 Å². The third kappa shape index (κ3) is 1.66. The number of piperidine rings is 1. The quantitative estimate of drug-likeness (QED) is 0.731. The highest BCUT2D eigenvalue weighted by atomic mass is 15.1. The van der Waals surface area contributed by atoms with Crippen molar-refractivity contribution in [2.45, 2.75) is 31.2 Å². The molecule has 104 valence electrons. The van der Waals surface area contributed by atoms with E-state index in [1.54, 1.807) is 0 Å². The van der Waals surface area contributed by atoms with Crippen LogP contribution >= 0.6 is 0 Å². The summed E-state index contributed by atoms with van der Waals surface area (Å²) in [5.41, 5.74) is 3.17. The largest absolute Gasteiger partial charge is 0.334 e. The van der Waals surface area contributed by atoms with Gasteiger partial charge in [-0.1, -0.05) is 24.3 Å². The Morgan fingerprint density at radius 2 is 1.90 bits per heavy atom. The summed E-state index contributed by atoms with van der Waals surface area (Å²) in [5.74, 6) is 1.29. The summed E-state index contributed by atoms with van der Waals surface area (Å²) in [4.78, 5) is 7.20. The van der Waals surface area contributed by atoms with Crippen molar-refractivity contribution in [3.05, 3.63) is 53.6 Å². The summed E-state index contributed by atoms with van der Waals surface area (Å²) in [5, 5.41) is 0. The van der Waals surface area contributed by atoms with E-state index in [0.717, 1.165) is 26.1 Å². The zero-order valence-corrected chi connectivity index (χ0v) is 12.0. The van der Waals surface area contributed by atoms with Gasteiger partial charge in [-0.15, -0.1) is 0 Å². The predicted molar refractivity (Wildman–Crippen MR) is 79.9 cm³/mol. The molecular weight excluding hydrogens is 246 g/mol. The first-order valence-corrected chi connectivity index (χ1v) is 7.58. The van der Waals surface area contributed by atoms with E-state index in [-0.39, 0.29) is 5.41 Å². The molecule has 4 rings (SSSR count). The molecule has 0 unspecified atom stereocenters. The topological polar surface area (TPSA) is 21.1 Å². The summed E-state index contributed by atoms with van der Waals surface area (Å²) >= 11 is 0. The van der Waals surface area contributed by atoms with Gasteiger partial charge >= 0.3 is 0 Å². The summed E-state index contributed by atoms with van der Waals surface area (Å²) in [7, 11) is 2.22. The number of imidazole rings is 1. The summed E-state index contributed by atoms with van der Waals surface area (Å²) in [6.07, 6.45) is 7.61. The van der Waals surface area contributed by atoms with Gasteiger partial charge in [0.15, 0.2) is 0 Å². The van der Waals surface area contributed by atoms with Gasteiger partial charge in [0.2, 0.25) is 0 Å². The minimum atomic E-state index is 0.128. The molecule has 0 aliphatic carbocycles. The maximum Gasteiger partial charge on any atom is 0.119 e. The van der Waals surface area contributed by atoms with Gasteiger partial charge < -0.3 is 9.47 Å². The van der Waals surface area contributed by atoms with E-state index in [1.165, 1.54) is 29.8 Å². The highest BCUT2D eigenvalue weighted by molar-refractivity contribution is 5.42. The SMILES string of the molecule is CN1CCC2(CC1)c1ccccc1CCn1ccnc12. The van der Waals surface area contributed by atoms with Crippen molar-refractivity contribution in [1.82, 2.24) is 14.5 Å². The highest BCUT2D eigenvalue weighted by Crippen LogP contribution is 2.43. The zero-order valence-electron chi connectivity index (χ0n) is 12.0. The van der Waals surface area contributed by atoms with Gasteiger partial charge in [0.25, 0.3) is 0 Å². The Morgan fingerprint density at radius 3 is 2.75 bits per heavy atom. The first kappa shape index (κ1) is 12.2. The molecular formula is C17H21N3. The van der Waals surface area contributed by atoms with Crippen LogP contribution in [0.15, 0.2) is 36.7 Å². The molecule has 1 saturated heterocycles. The first-order valence-electron chi connectivity index (χ1n) is 7.58. The van der Waals surface area contributed by atoms with Crippen LogP contribution < -0.4 is 0 Å². The molecule has 1 aromatic carbocycles. The Balaban J connectivity index is 1.92. The van der Waals surface area contributed by atoms with Crippen LogP contribution in [0.3, 0.4) is 0 Å². The molecule has 20 heavy (non-hydrogen) atoms. The van der Waals surface area contributed by atoms with Crippen molar-refractivity contribution in [2.24, 2.45) is 0 Å². The second kappa shape index (κ2) is 4.45. The van der Waals surface area contributed by atoms with Gasteiger partial charge in [0, 0.05) is 18.9 Å². The summed E-state index contributed by atoms with van der Waals surface area (Å²) in [6.45, 7) is 3.37. The fourth-order valence-corrected chi connectivity index (χ4v) is 3.97. The maximum absolute atomic E-state index is 4.76.